The van der Waals surface area contributed by atoms with Gasteiger partial charge in [-0.15, -0.1) is 0 Å². The highest BCUT2D eigenvalue weighted by Crippen LogP contribution is 2.29. The zero-order chi connectivity index (χ0) is 18.9. The largest absolute Gasteiger partial charge is 0.468 e. The van der Waals surface area contributed by atoms with Gasteiger partial charge in [0.25, 0.3) is 0 Å². The van der Waals surface area contributed by atoms with Gasteiger partial charge in [-0.3, -0.25) is 4.79 Å². The van der Waals surface area contributed by atoms with Gasteiger partial charge in [0.2, 0.25) is 0 Å². The van der Waals surface area contributed by atoms with E-state index >= 15 is 0 Å². The Bertz CT molecular complexity index is 654. The minimum Gasteiger partial charge on any atom is -0.468 e. The van der Waals surface area contributed by atoms with Crippen molar-refractivity contribution in [3.63, 3.8) is 0 Å². The maximum atomic E-state index is 13.0. The Morgan fingerprint density at radius 2 is 1.23 bits per heavy atom. The SMILES string of the molecule is COCOc1cccc(C(C)C(=O)C(C)c2cccc(OCOC)c2)c1. The first-order valence-corrected chi connectivity index (χ1v) is 8.54. The van der Waals surface area contributed by atoms with E-state index in [1.165, 1.54) is 0 Å². The lowest BCUT2D eigenvalue weighted by atomic mass is 9.86. The van der Waals surface area contributed by atoms with Crippen molar-refractivity contribution in [2.45, 2.75) is 25.7 Å². The molecule has 0 bridgehead atoms. The summed E-state index contributed by atoms with van der Waals surface area (Å²) in [6.07, 6.45) is 0. The van der Waals surface area contributed by atoms with Crippen LogP contribution in [0.5, 0.6) is 11.5 Å². The molecule has 2 aromatic rings. The number of carbonyl (C=O) groups excluding carboxylic acids is 1. The zero-order valence-corrected chi connectivity index (χ0v) is 15.7. The second kappa shape index (κ2) is 9.94. The fourth-order valence-corrected chi connectivity index (χ4v) is 2.70. The molecule has 0 aliphatic carbocycles. The van der Waals surface area contributed by atoms with Crippen LogP contribution < -0.4 is 9.47 Å². The highest BCUT2D eigenvalue weighted by atomic mass is 16.7. The first kappa shape index (κ1) is 19.9. The summed E-state index contributed by atoms with van der Waals surface area (Å²) in [5.74, 6) is 1.01. The predicted molar refractivity (Wildman–Crippen MR) is 99.7 cm³/mol. The molecule has 140 valence electrons. The average Bonchev–Trinajstić information content (AvgIpc) is 2.69. The second-order valence-corrected chi connectivity index (χ2v) is 6.09. The molecule has 0 saturated carbocycles. The lowest BCUT2D eigenvalue weighted by molar-refractivity contribution is -0.121. The fourth-order valence-electron chi connectivity index (χ4n) is 2.70. The zero-order valence-electron chi connectivity index (χ0n) is 15.7. The summed E-state index contributed by atoms with van der Waals surface area (Å²) in [7, 11) is 3.14. The number of ether oxygens (including phenoxy) is 4. The minimum absolute atomic E-state index is 0.137. The molecule has 0 aliphatic heterocycles. The van der Waals surface area contributed by atoms with E-state index in [-0.39, 0.29) is 31.2 Å². The van der Waals surface area contributed by atoms with Gasteiger partial charge in [0, 0.05) is 26.1 Å². The quantitative estimate of drug-likeness (QED) is 0.598. The first-order chi connectivity index (χ1) is 12.6. The Morgan fingerprint density at radius 3 is 1.62 bits per heavy atom. The minimum atomic E-state index is -0.250. The van der Waals surface area contributed by atoms with E-state index in [9.17, 15) is 4.79 Å². The van der Waals surface area contributed by atoms with Crippen molar-refractivity contribution in [2.24, 2.45) is 0 Å². The highest BCUT2D eigenvalue weighted by Gasteiger charge is 2.23. The predicted octanol–water partition coefficient (Wildman–Crippen LogP) is 4.13. The third-order valence-corrected chi connectivity index (χ3v) is 4.26. The molecule has 2 unspecified atom stereocenters. The fraction of sp³-hybridized carbons (Fsp3) is 0.381. The molecule has 2 rings (SSSR count). The van der Waals surface area contributed by atoms with Crippen molar-refractivity contribution in [1.29, 1.82) is 0 Å². The van der Waals surface area contributed by atoms with E-state index in [2.05, 4.69) is 0 Å². The number of hydrogen-bond acceptors (Lipinski definition) is 5. The van der Waals surface area contributed by atoms with Crippen molar-refractivity contribution >= 4 is 5.78 Å². The third kappa shape index (κ3) is 5.31. The third-order valence-electron chi connectivity index (χ3n) is 4.26. The van der Waals surface area contributed by atoms with Gasteiger partial charge in [-0.25, -0.2) is 0 Å². The number of methoxy groups -OCH3 is 2. The van der Waals surface area contributed by atoms with Gasteiger partial charge in [-0.2, -0.15) is 0 Å². The van der Waals surface area contributed by atoms with Gasteiger partial charge in [0.1, 0.15) is 17.3 Å². The maximum absolute atomic E-state index is 13.0. The molecular formula is C21H26O5. The Morgan fingerprint density at radius 1 is 0.808 bits per heavy atom. The number of ketones is 1. The Labute approximate surface area is 154 Å². The molecule has 0 spiro atoms. The summed E-state index contributed by atoms with van der Waals surface area (Å²) >= 11 is 0. The number of benzene rings is 2. The van der Waals surface area contributed by atoms with Crippen molar-refractivity contribution in [1.82, 2.24) is 0 Å². The molecule has 26 heavy (non-hydrogen) atoms. The van der Waals surface area contributed by atoms with Gasteiger partial charge in [-0.1, -0.05) is 38.1 Å². The van der Waals surface area contributed by atoms with E-state index in [1.54, 1.807) is 14.2 Å². The molecule has 5 nitrogen and oxygen atoms in total. The lowest BCUT2D eigenvalue weighted by Crippen LogP contribution is -2.17. The molecule has 0 radical (unpaired) electrons. The molecule has 2 aromatic carbocycles. The van der Waals surface area contributed by atoms with Crippen molar-refractivity contribution in [3.05, 3.63) is 59.7 Å². The Balaban J connectivity index is 2.12. The monoisotopic (exact) mass is 358 g/mol. The molecule has 0 saturated heterocycles. The molecule has 5 heteroatoms. The molecule has 0 aliphatic rings. The summed E-state index contributed by atoms with van der Waals surface area (Å²) in [4.78, 5) is 13.0. The first-order valence-electron chi connectivity index (χ1n) is 8.54. The van der Waals surface area contributed by atoms with Crippen LogP contribution in [0.25, 0.3) is 0 Å². The van der Waals surface area contributed by atoms with Crippen LogP contribution >= 0.6 is 0 Å². The number of rotatable bonds is 10. The van der Waals surface area contributed by atoms with Gasteiger partial charge in [0.05, 0.1) is 0 Å². The Hall–Kier alpha value is -2.37. The van der Waals surface area contributed by atoms with Gasteiger partial charge < -0.3 is 18.9 Å². The molecule has 0 N–H and O–H groups in total. The van der Waals surface area contributed by atoms with E-state index < -0.39 is 0 Å². The molecule has 2 atom stereocenters. The number of hydrogen-bond donors (Lipinski definition) is 0. The Kier molecular flexibility index (Phi) is 7.63. The standard InChI is InChI=1S/C21H26O5/c1-15(17-7-5-9-19(11-17)25-13-23-3)21(22)16(2)18-8-6-10-20(12-18)26-14-24-4/h5-12,15-16H,13-14H2,1-4H3. The highest BCUT2D eigenvalue weighted by molar-refractivity contribution is 5.91. The van der Waals surface area contributed by atoms with Crippen LogP contribution in [0.2, 0.25) is 0 Å². The second-order valence-electron chi connectivity index (χ2n) is 6.09. The summed E-state index contributed by atoms with van der Waals surface area (Å²) in [6, 6.07) is 15.1. The molecule has 0 amide bonds. The van der Waals surface area contributed by atoms with Crippen molar-refractivity contribution < 1.29 is 23.7 Å². The molecule has 0 aromatic heterocycles. The van der Waals surface area contributed by atoms with E-state index in [0.717, 1.165) is 11.1 Å². The summed E-state index contributed by atoms with van der Waals surface area (Å²) in [6.45, 7) is 4.19. The normalized spacial score (nSPS) is 13.1. The molecule has 0 fully saturated rings. The number of carbonyl (C=O) groups is 1. The number of Topliss-reactive ketones (excluding diaryl/α,β-unsaturated/α-hetero) is 1. The maximum Gasteiger partial charge on any atom is 0.188 e. The van der Waals surface area contributed by atoms with Gasteiger partial charge in [0.15, 0.2) is 13.6 Å². The molecule has 0 heterocycles. The summed E-state index contributed by atoms with van der Waals surface area (Å²) in [5, 5.41) is 0. The average molecular weight is 358 g/mol. The van der Waals surface area contributed by atoms with Crippen LogP contribution in [0.4, 0.5) is 0 Å². The van der Waals surface area contributed by atoms with Crippen molar-refractivity contribution in [3.8, 4) is 11.5 Å². The van der Waals surface area contributed by atoms with E-state index in [1.807, 2.05) is 62.4 Å². The summed E-state index contributed by atoms with van der Waals surface area (Å²) in [5.41, 5.74) is 1.84. The van der Waals surface area contributed by atoms with Crippen LogP contribution in [-0.2, 0) is 14.3 Å². The summed E-state index contributed by atoms with van der Waals surface area (Å²) < 4.78 is 20.8. The van der Waals surface area contributed by atoms with Crippen LogP contribution in [0.15, 0.2) is 48.5 Å². The topological polar surface area (TPSA) is 54.0 Å². The smallest absolute Gasteiger partial charge is 0.188 e. The van der Waals surface area contributed by atoms with Crippen LogP contribution in [0, 0.1) is 0 Å². The van der Waals surface area contributed by atoms with Gasteiger partial charge in [-0.05, 0) is 35.4 Å². The van der Waals surface area contributed by atoms with Crippen LogP contribution in [0.1, 0.15) is 36.8 Å². The van der Waals surface area contributed by atoms with Crippen LogP contribution in [0.3, 0.4) is 0 Å². The molecular weight excluding hydrogens is 332 g/mol. The van der Waals surface area contributed by atoms with Crippen molar-refractivity contribution in [2.75, 3.05) is 27.8 Å². The van der Waals surface area contributed by atoms with E-state index in [4.69, 9.17) is 18.9 Å². The van der Waals surface area contributed by atoms with Crippen LogP contribution in [-0.4, -0.2) is 33.6 Å². The lowest BCUT2D eigenvalue weighted by Gasteiger charge is -2.18. The van der Waals surface area contributed by atoms with Gasteiger partial charge >= 0.3 is 0 Å². The van der Waals surface area contributed by atoms with E-state index in [0.29, 0.717) is 11.5 Å².